The minimum Gasteiger partial charge on any atom is -0.352 e. The molecule has 120 valence electrons. The van der Waals surface area contributed by atoms with E-state index in [1.807, 2.05) is 18.2 Å². The van der Waals surface area contributed by atoms with E-state index in [4.69, 9.17) is 0 Å². The normalized spacial score (nSPS) is 16.4. The number of amides is 2. The second kappa shape index (κ2) is 9.12. The van der Waals surface area contributed by atoms with Crippen molar-refractivity contribution in [3.63, 3.8) is 0 Å². The Morgan fingerprint density at radius 2 is 1.68 bits per heavy atom. The number of hydrogen-bond donors (Lipinski definition) is 2. The first-order valence-electron chi connectivity index (χ1n) is 7.99. The van der Waals surface area contributed by atoms with Gasteiger partial charge in [-0.2, -0.15) is 0 Å². The second-order valence-electron chi connectivity index (χ2n) is 5.77. The molecule has 1 saturated carbocycles. The zero-order chi connectivity index (χ0) is 15.8. The molecule has 1 aliphatic carbocycles. The zero-order valence-electron chi connectivity index (χ0n) is 12.7. The molecule has 0 unspecified atom stereocenters. The van der Waals surface area contributed by atoms with Gasteiger partial charge in [0, 0.05) is 9.61 Å². The molecule has 0 saturated heterocycles. The maximum absolute atomic E-state index is 12.1. The average molecular weight is 414 g/mol. The van der Waals surface area contributed by atoms with Gasteiger partial charge in [0.1, 0.15) is 0 Å². The van der Waals surface area contributed by atoms with Crippen molar-refractivity contribution in [1.29, 1.82) is 0 Å². The predicted molar refractivity (Wildman–Crippen MR) is 95.7 cm³/mol. The third kappa shape index (κ3) is 5.59. The van der Waals surface area contributed by atoms with Crippen molar-refractivity contribution in [3.05, 3.63) is 33.4 Å². The summed E-state index contributed by atoms with van der Waals surface area (Å²) in [5, 5.41) is 5.75. The first-order chi connectivity index (χ1) is 10.7. The van der Waals surface area contributed by atoms with Crippen LogP contribution in [0.25, 0.3) is 0 Å². The Labute approximate surface area is 145 Å². The Hall–Kier alpha value is -1.11. The van der Waals surface area contributed by atoms with Gasteiger partial charge < -0.3 is 10.6 Å². The molecule has 5 heteroatoms. The van der Waals surface area contributed by atoms with Crippen molar-refractivity contribution in [1.82, 2.24) is 10.6 Å². The highest BCUT2D eigenvalue weighted by atomic mass is 127. The van der Waals surface area contributed by atoms with E-state index in [2.05, 4.69) is 33.2 Å². The number of carbonyl (C=O) groups is 2. The summed E-state index contributed by atoms with van der Waals surface area (Å²) in [5.41, 5.74) is 0.613. The molecule has 0 bridgehead atoms. The van der Waals surface area contributed by atoms with Crippen LogP contribution in [0.2, 0.25) is 0 Å². The van der Waals surface area contributed by atoms with Crippen LogP contribution in [-0.4, -0.2) is 24.4 Å². The highest BCUT2D eigenvalue weighted by Gasteiger charge is 2.15. The minimum atomic E-state index is -0.196. The molecular formula is C17H23IN2O2. The van der Waals surface area contributed by atoms with Gasteiger partial charge in [-0.1, -0.05) is 44.2 Å². The topological polar surface area (TPSA) is 58.2 Å². The first-order valence-corrected chi connectivity index (χ1v) is 9.07. The molecule has 4 nitrogen and oxygen atoms in total. The quantitative estimate of drug-likeness (QED) is 0.744. The number of carbonyl (C=O) groups excluding carboxylic acids is 2. The molecule has 1 fully saturated rings. The monoisotopic (exact) mass is 414 g/mol. The molecule has 0 atom stereocenters. The van der Waals surface area contributed by atoms with Gasteiger partial charge in [0.15, 0.2) is 0 Å². The third-order valence-corrected chi connectivity index (χ3v) is 4.94. The van der Waals surface area contributed by atoms with Crippen molar-refractivity contribution in [2.24, 2.45) is 0 Å². The summed E-state index contributed by atoms with van der Waals surface area (Å²) in [5.74, 6) is -0.289. The second-order valence-corrected chi connectivity index (χ2v) is 6.93. The van der Waals surface area contributed by atoms with Crippen LogP contribution in [0.4, 0.5) is 0 Å². The van der Waals surface area contributed by atoms with Crippen LogP contribution in [0.1, 0.15) is 55.3 Å². The molecule has 2 N–H and O–H groups in total. The van der Waals surface area contributed by atoms with Crippen molar-refractivity contribution in [2.75, 3.05) is 6.54 Å². The van der Waals surface area contributed by atoms with Crippen LogP contribution in [0.15, 0.2) is 24.3 Å². The minimum absolute atomic E-state index is 0.0420. The van der Waals surface area contributed by atoms with Gasteiger partial charge in [-0.15, -0.1) is 0 Å². The number of hydrogen-bond acceptors (Lipinski definition) is 2. The highest BCUT2D eigenvalue weighted by Crippen LogP contribution is 2.17. The van der Waals surface area contributed by atoms with E-state index in [1.54, 1.807) is 6.07 Å². The molecule has 0 heterocycles. The Kier molecular flexibility index (Phi) is 7.15. The van der Waals surface area contributed by atoms with E-state index in [1.165, 1.54) is 32.1 Å². The molecule has 0 spiro atoms. The summed E-state index contributed by atoms with van der Waals surface area (Å²) in [6.45, 7) is 0.0420. The lowest BCUT2D eigenvalue weighted by molar-refractivity contribution is -0.120. The Balaban J connectivity index is 1.77. The molecule has 1 aromatic rings. The van der Waals surface area contributed by atoms with Gasteiger partial charge in [-0.3, -0.25) is 9.59 Å². The van der Waals surface area contributed by atoms with Crippen LogP contribution in [0.3, 0.4) is 0 Å². The van der Waals surface area contributed by atoms with E-state index in [0.29, 0.717) is 5.56 Å². The van der Waals surface area contributed by atoms with Crippen LogP contribution >= 0.6 is 22.6 Å². The van der Waals surface area contributed by atoms with Crippen molar-refractivity contribution in [3.8, 4) is 0 Å². The van der Waals surface area contributed by atoms with Crippen LogP contribution in [-0.2, 0) is 4.79 Å². The van der Waals surface area contributed by atoms with E-state index < -0.39 is 0 Å². The van der Waals surface area contributed by atoms with Crippen LogP contribution < -0.4 is 10.6 Å². The number of rotatable bonds is 4. The molecular weight excluding hydrogens is 391 g/mol. The van der Waals surface area contributed by atoms with Gasteiger partial charge in [0.25, 0.3) is 5.91 Å². The standard InChI is InChI=1S/C17H23IN2O2/c18-15-11-7-6-10-14(15)17(22)19-12-16(21)20-13-8-4-2-1-3-5-9-13/h6-7,10-11,13H,1-5,8-9,12H2,(H,19,22)(H,20,21). The third-order valence-electron chi connectivity index (χ3n) is 4.00. The summed E-state index contributed by atoms with van der Waals surface area (Å²) >= 11 is 2.12. The summed E-state index contributed by atoms with van der Waals surface area (Å²) < 4.78 is 0.887. The summed E-state index contributed by atoms with van der Waals surface area (Å²) in [4.78, 5) is 24.1. The van der Waals surface area contributed by atoms with Crippen LogP contribution in [0.5, 0.6) is 0 Å². The largest absolute Gasteiger partial charge is 0.352 e. The highest BCUT2D eigenvalue weighted by molar-refractivity contribution is 14.1. The lowest BCUT2D eigenvalue weighted by atomic mass is 9.97. The van der Waals surface area contributed by atoms with Crippen molar-refractivity contribution < 1.29 is 9.59 Å². The van der Waals surface area contributed by atoms with Gasteiger partial charge >= 0.3 is 0 Å². The Bertz CT molecular complexity index is 511. The molecule has 2 amide bonds. The van der Waals surface area contributed by atoms with E-state index in [-0.39, 0.29) is 24.4 Å². The number of halogens is 1. The Morgan fingerprint density at radius 3 is 2.36 bits per heavy atom. The van der Waals surface area contributed by atoms with E-state index in [0.717, 1.165) is 16.4 Å². The molecule has 0 aliphatic heterocycles. The lowest BCUT2D eigenvalue weighted by Gasteiger charge is -2.21. The SMILES string of the molecule is O=C(CNC(=O)c1ccccc1I)NC1CCCCCCC1. The van der Waals surface area contributed by atoms with Gasteiger partial charge in [0.05, 0.1) is 12.1 Å². The van der Waals surface area contributed by atoms with Crippen molar-refractivity contribution in [2.45, 2.75) is 51.0 Å². The summed E-state index contributed by atoms with van der Waals surface area (Å²) in [6.07, 6.45) is 8.29. The smallest absolute Gasteiger partial charge is 0.252 e. The fraction of sp³-hybridized carbons (Fsp3) is 0.529. The predicted octanol–water partition coefficient (Wildman–Crippen LogP) is 3.25. The number of benzene rings is 1. The lowest BCUT2D eigenvalue weighted by Crippen LogP contribution is -2.42. The molecule has 0 aromatic heterocycles. The zero-order valence-corrected chi connectivity index (χ0v) is 14.9. The fourth-order valence-electron chi connectivity index (χ4n) is 2.78. The maximum atomic E-state index is 12.1. The molecule has 0 radical (unpaired) electrons. The van der Waals surface area contributed by atoms with Crippen LogP contribution in [0, 0.1) is 3.57 Å². The first kappa shape index (κ1) is 17.2. The van der Waals surface area contributed by atoms with E-state index >= 15 is 0 Å². The van der Waals surface area contributed by atoms with Crippen molar-refractivity contribution >= 4 is 34.4 Å². The maximum Gasteiger partial charge on any atom is 0.252 e. The van der Waals surface area contributed by atoms with Gasteiger partial charge in [-0.25, -0.2) is 0 Å². The Morgan fingerprint density at radius 1 is 1.05 bits per heavy atom. The molecule has 2 rings (SSSR count). The number of nitrogens with one attached hydrogen (secondary N) is 2. The summed E-state index contributed by atoms with van der Waals surface area (Å²) in [7, 11) is 0. The average Bonchev–Trinajstić information content (AvgIpc) is 2.48. The molecule has 1 aromatic carbocycles. The fourth-order valence-corrected chi connectivity index (χ4v) is 3.41. The molecule has 1 aliphatic rings. The summed E-state index contributed by atoms with van der Waals surface area (Å²) in [6, 6.07) is 7.63. The van der Waals surface area contributed by atoms with Gasteiger partial charge in [0.2, 0.25) is 5.91 Å². The van der Waals surface area contributed by atoms with E-state index in [9.17, 15) is 9.59 Å². The molecule has 22 heavy (non-hydrogen) atoms. The van der Waals surface area contributed by atoms with Gasteiger partial charge in [-0.05, 0) is 47.6 Å².